The van der Waals surface area contributed by atoms with Crippen LogP contribution in [-0.4, -0.2) is 36.5 Å². The number of aliphatic hydroxyl groups is 1. The van der Waals surface area contributed by atoms with Crippen molar-refractivity contribution in [1.29, 1.82) is 0 Å². The van der Waals surface area contributed by atoms with Crippen molar-refractivity contribution in [1.82, 2.24) is 4.31 Å². The van der Waals surface area contributed by atoms with Crippen LogP contribution in [0.1, 0.15) is 18.9 Å². The van der Waals surface area contributed by atoms with Crippen molar-refractivity contribution in [2.75, 3.05) is 18.8 Å². The summed E-state index contributed by atoms with van der Waals surface area (Å²) in [5.41, 5.74) is 5.48. The number of halogens is 1. The van der Waals surface area contributed by atoms with Gasteiger partial charge in [-0.2, -0.15) is 4.31 Å². The van der Waals surface area contributed by atoms with E-state index in [1.54, 1.807) is 13.8 Å². The molecule has 3 N–H and O–H groups in total. The Morgan fingerprint density at radius 3 is 2.63 bits per heavy atom. The number of anilines is 1. The number of β-amino-alcohol motifs (C(OH)–C–C–N with tert-alkyl or cyclic N) is 1. The normalized spacial score (nSPS) is 24.8. The summed E-state index contributed by atoms with van der Waals surface area (Å²) in [6.45, 7) is 3.70. The Kier molecular flexibility index (Phi) is 3.55. The third-order valence-corrected chi connectivity index (χ3v) is 5.64. The number of benzene rings is 1. The van der Waals surface area contributed by atoms with Gasteiger partial charge < -0.3 is 10.8 Å². The molecule has 0 aliphatic carbocycles. The lowest BCUT2D eigenvalue weighted by atomic mass is 10.1. The van der Waals surface area contributed by atoms with Crippen LogP contribution in [0.4, 0.5) is 5.69 Å². The van der Waals surface area contributed by atoms with Crippen LogP contribution in [0, 0.1) is 6.92 Å². The SMILES string of the molecule is Cc1cc(Cl)c(N)cc1S(=O)(=O)N1CCC(C)(O)C1. The third kappa shape index (κ3) is 2.72. The molecule has 1 unspecified atom stereocenters. The van der Waals surface area contributed by atoms with Crippen LogP contribution in [-0.2, 0) is 10.0 Å². The minimum atomic E-state index is -3.64. The number of hydrogen-bond acceptors (Lipinski definition) is 4. The van der Waals surface area contributed by atoms with Gasteiger partial charge in [-0.25, -0.2) is 8.42 Å². The molecule has 5 nitrogen and oxygen atoms in total. The van der Waals surface area contributed by atoms with Crippen LogP contribution in [0.15, 0.2) is 17.0 Å². The van der Waals surface area contributed by atoms with Crippen molar-refractivity contribution in [3.8, 4) is 0 Å². The smallest absolute Gasteiger partial charge is 0.243 e. The molecule has 1 heterocycles. The van der Waals surface area contributed by atoms with Crippen LogP contribution in [0.5, 0.6) is 0 Å². The Balaban J connectivity index is 2.44. The predicted octanol–water partition coefficient (Wildman–Crippen LogP) is 1.38. The van der Waals surface area contributed by atoms with Crippen molar-refractivity contribution in [3.63, 3.8) is 0 Å². The molecule has 1 aliphatic heterocycles. The molecule has 0 bridgehead atoms. The third-order valence-electron chi connectivity index (χ3n) is 3.33. The quantitative estimate of drug-likeness (QED) is 0.809. The highest BCUT2D eigenvalue weighted by atomic mass is 35.5. The number of nitrogen functional groups attached to an aromatic ring is 1. The Morgan fingerprint density at radius 2 is 2.11 bits per heavy atom. The van der Waals surface area contributed by atoms with E-state index in [1.807, 2.05) is 0 Å². The maximum Gasteiger partial charge on any atom is 0.243 e. The summed E-state index contributed by atoms with van der Waals surface area (Å²) in [6.07, 6.45) is 0.425. The van der Waals surface area contributed by atoms with Crippen molar-refractivity contribution in [2.24, 2.45) is 0 Å². The highest BCUT2D eigenvalue weighted by Crippen LogP contribution is 2.31. The Labute approximate surface area is 118 Å². The van der Waals surface area contributed by atoms with E-state index in [9.17, 15) is 13.5 Å². The fraction of sp³-hybridized carbons (Fsp3) is 0.500. The molecular weight excluding hydrogens is 288 g/mol. The highest BCUT2D eigenvalue weighted by molar-refractivity contribution is 7.89. The van der Waals surface area contributed by atoms with Crippen molar-refractivity contribution >= 4 is 27.3 Å². The maximum absolute atomic E-state index is 12.5. The molecule has 1 aromatic carbocycles. The molecule has 1 saturated heterocycles. The van der Waals surface area contributed by atoms with Crippen LogP contribution >= 0.6 is 11.6 Å². The fourth-order valence-corrected chi connectivity index (χ4v) is 4.21. The van der Waals surface area contributed by atoms with Crippen LogP contribution < -0.4 is 5.73 Å². The molecule has 7 heteroatoms. The first-order valence-corrected chi connectivity index (χ1v) is 7.73. The molecule has 0 saturated carbocycles. The van der Waals surface area contributed by atoms with Gasteiger partial charge in [0.05, 0.1) is 21.2 Å². The first-order valence-electron chi connectivity index (χ1n) is 5.92. The number of sulfonamides is 1. The topological polar surface area (TPSA) is 83.6 Å². The molecule has 0 amide bonds. The standard InChI is InChI=1S/C12H17ClN2O3S/c1-8-5-9(13)10(14)6-11(8)19(17,18)15-4-3-12(2,16)7-15/h5-6,16H,3-4,7,14H2,1-2H3. The fourth-order valence-electron chi connectivity index (χ4n) is 2.19. The van der Waals surface area contributed by atoms with E-state index < -0.39 is 15.6 Å². The summed E-state index contributed by atoms with van der Waals surface area (Å²) >= 11 is 5.87. The van der Waals surface area contributed by atoms with E-state index in [0.717, 1.165) is 0 Å². The molecule has 106 valence electrons. The number of nitrogens with zero attached hydrogens (tertiary/aromatic N) is 1. The second-order valence-electron chi connectivity index (χ2n) is 5.22. The van der Waals surface area contributed by atoms with E-state index in [2.05, 4.69) is 0 Å². The van der Waals surface area contributed by atoms with Gasteiger partial charge in [0, 0.05) is 13.1 Å². The largest absolute Gasteiger partial charge is 0.397 e. The molecule has 1 atom stereocenters. The zero-order chi connectivity index (χ0) is 14.4. The Hall–Kier alpha value is -0.820. The molecule has 1 aromatic rings. The zero-order valence-electron chi connectivity index (χ0n) is 10.9. The average molecular weight is 305 g/mol. The molecule has 1 aliphatic rings. The summed E-state index contributed by atoms with van der Waals surface area (Å²) < 4.78 is 26.3. The van der Waals surface area contributed by atoms with Gasteiger partial charge in [-0.3, -0.25) is 0 Å². The predicted molar refractivity (Wildman–Crippen MR) is 74.6 cm³/mol. The number of rotatable bonds is 2. The molecule has 0 radical (unpaired) electrons. The van der Waals surface area contributed by atoms with Crippen molar-refractivity contribution < 1.29 is 13.5 Å². The molecule has 1 fully saturated rings. The molecule has 19 heavy (non-hydrogen) atoms. The number of nitrogens with two attached hydrogens (primary N) is 1. The molecular formula is C12H17ClN2O3S. The van der Waals surface area contributed by atoms with E-state index in [1.165, 1.54) is 16.4 Å². The summed E-state index contributed by atoms with van der Waals surface area (Å²) in [5, 5.41) is 10.2. The van der Waals surface area contributed by atoms with Crippen LogP contribution in [0.3, 0.4) is 0 Å². The van der Waals surface area contributed by atoms with Gasteiger partial charge >= 0.3 is 0 Å². The van der Waals surface area contributed by atoms with Crippen LogP contribution in [0.2, 0.25) is 5.02 Å². The first kappa shape index (κ1) is 14.6. The van der Waals surface area contributed by atoms with Gasteiger partial charge in [0.15, 0.2) is 0 Å². The van der Waals surface area contributed by atoms with Gasteiger partial charge in [-0.15, -0.1) is 0 Å². The van der Waals surface area contributed by atoms with E-state index in [4.69, 9.17) is 17.3 Å². The lowest BCUT2D eigenvalue weighted by Crippen LogP contribution is -2.34. The second kappa shape index (κ2) is 4.63. The van der Waals surface area contributed by atoms with Crippen molar-refractivity contribution in [3.05, 3.63) is 22.7 Å². The number of aryl methyl sites for hydroxylation is 1. The Morgan fingerprint density at radius 1 is 1.47 bits per heavy atom. The molecule has 2 rings (SSSR count). The monoisotopic (exact) mass is 304 g/mol. The van der Waals surface area contributed by atoms with Gasteiger partial charge in [0.2, 0.25) is 10.0 Å². The van der Waals surface area contributed by atoms with Gasteiger partial charge in [0.1, 0.15) is 0 Å². The summed E-state index contributed by atoms with van der Waals surface area (Å²) in [4.78, 5) is 0.145. The second-order valence-corrected chi connectivity index (χ2v) is 7.54. The highest BCUT2D eigenvalue weighted by Gasteiger charge is 2.39. The van der Waals surface area contributed by atoms with Gasteiger partial charge in [0.25, 0.3) is 0 Å². The number of hydrogen-bond donors (Lipinski definition) is 2. The summed E-state index contributed by atoms with van der Waals surface area (Å²) in [6, 6.07) is 2.91. The van der Waals surface area contributed by atoms with Gasteiger partial charge in [-0.1, -0.05) is 11.6 Å². The Bertz CT molecular complexity index is 614. The molecule has 0 aromatic heterocycles. The zero-order valence-corrected chi connectivity index (χ0v) is 12.4. The lowest BCUT2D eigenvalue weighted by molar-refractivity contribution is 0.0762. The van der Waals surface area contributed by atoms with E-state index >= 15 is 0 Å². The van der Waals surface area contributed by atoms with E-state index in [-0.39, 0.29) is 17.1 Å². The van der Waals surface area contributed by atoms with E-state index in [0.29, 0.717) is 23.6 Å². The minimum absolute atomic E-state index is 0.0945. The first-order chi connectivity index (χ1) is 8.63. The summed E-state index contributed by atoms with van der Waals surface area (Å²) in [7, 11) is -3.64. The maximum atomic E-state index is 12.5. The summed E-state index contributed by atoms with van der Waals surface area (Å²) in [5.74, 6) is 0. The lowest BCUT2D eigenvalue weighted by Gasteiger charge is -2.20. The van der Waals surface area contributed by atoms with Crippen molar-refractivity contribution in [2.45, 2.75) is 30.8 Å². The molecule has 0 spiro atoms. The average Bonchev–Trinajstić information content (AvgIpc) is 2.64. The van der Waals surface area contributed by atoms with Gasteiger partial charge in [-0.05, 0) is 38.0 Å². The van der Waals surface area contributed by atoms with Crippen LogP contribution in [0.25, 0.3) is 0 Å². The minimum Gasteiger partial charge on any atom is -0.397 e.